The van der Waals surface area contributed by atoms with Gasteiger partial charge in [-0.3, -0.25) is 0 Å². The summed E-state index contributed by atoms with van der Waals surface area (Å²) in [6, 6.07) is 13.5. The van der Waals surface area contributed by atoms with E-state index in [9.17, 15) is 8.78 Å². The van der Waals surface area contributed by atoms with Crippen molar-refractivity contribution in [1.82, 2.24) is 20.2 Å². The molecule has 0 saturated heterocycles. The molecular formula is C21H16Cl4F2N6. The van der Waals surface area contributed by atoms with E-state index in [0.717, 1.165) is 5.56 Å². The van der Waals surface area contributed by atoms with Crippen LogP contribution in [0.15, 0.2) is 54.6 Å². The molecule has 1 heterocycles. The Morgan fingerprint density at radius 3 is 2.09 bits per heavy atom. The van der Waals surface area contributed by atoms with Gasteiger partial charge in [-0.15, -0.1) is 0 Å². The minimum Gasteiger partial charge on any atom is -0.349 e. The summed E-state index contributed by atoms with van der Waals surface area (Å²) >= 11 is 23.8. The van der Waals surface area contributed by atoms with E-state index in [1.807, 2.05) is 0 Å². The minimum absolute atomic E-state index is 0.317. The average molecular weight is 532 g/mol. The van der Waals surface area contributed by atoms with Crippen molar-refractivity contribution in [2.24, 2.45) is 5.73 Å². The molecule has 0 fully saturated rings. The van der Waals surface area contributed by atoms with Gasteiger partial charge >= 0.3 is 0 Å². The van der Waals surface area contributed by atoms with Crippen molar-refractivity contribution in [3.8, 4) is 5.69 Å². The van der Waals surface area contributed by atoms with Gasteiger partial charge in [0.1, 0.15) is 11.6 Å². The van der Waals surface area contributed by atoms with E-state index in [0.29, 0.717) is 50.4 Å². The molecule has 0 saturated carbocycles. The van der Waals surface area contributed by atoms with E-state index < -0.39 is 5.82 Å². The van der Waals surface area contributed by atoms with Gasteiger partial charge in [-0.1, -0.05) is 69.7 Å². The first-order valence-corrected chi connectivity index (χ1v) is 10.9. The molecule has 4 rings (SSSR count). The Hall–Kier alpha value is -2.49. The van der Waals surface area contributed by atoms with E-state index in [-0.39, 0.29) is 5.82 Å². The van der Waals surface area contributed by atoms with Gasteiger partial charge in [0.05, 0.1) is 15.7 Å². The fourth-order valence-corrected chi connectivity index (χ4v) is 3.50. The second kappa shape index (κ2) is 11.6. The summed E-state index contributed by atoms with van der Waals surface area (Å²) in [5.41, 5.74) is 7.31. The van der Waals surface area contributed by atoms with Crippen LogP contribution in [0.1, 0.15) is 11.1 Å². The summed E-state index contributed by atoms with van der Waals surface area (Å²) in [4.78, 5) is 0. The molecule has 6 nitrogen and oxygen atoms in total. The normalized spacial score (nSPS) is 10.5. The highest BCUT2D eigenvalue weighted by Gasteiger charge is 2.13. The summed E-state index contributed by atoms with van der Waals surface area (Å²) in [7, 11) is 0. The lowest BCUT2D eigenvalue weighted by Gasteiger charge is -2.10. The van der Waals surface area contributed by atoms with Gasteiger partial charge in [-0.2, -0.15) is 4.68 Å². The lowest BCUT2D eigenvalue weighted by atomic mass is 10.2. The zero-order valence-corrected chi connectivity index (χ0v) is 19.8. The Morgan fingerprint density at radius 2 is 1.48 bits per heavy atom. The van der Waals surface area contributed by atoms with Crippen LogP contribution in [-0.4, -0.2) is 20.2 Å². The Morgan fingerprint density at radius 1 is 0.848 bits per heavy atom. The summed E-state index contributed by atoms with van der Waals surface area (Å²) in [6.45, 7) is 0.663. The van der Waals surface area contributed by atoms with E-state index >= 15 is 0 Å². The summed E-state index contributed by atoms with van der Waals surface area (Å²) in [6.07, 6.45) is 0. The number of hydrogen-bond acceptors (Lipinski definition) is 5. The third-order valence-electron chi connectivity index (χ3n) is 4.32. The van der Waals surface area contributed by atoms with Crippen LogP contribution >= 0.6 is 46.4 Å². The lowest BCUT2D eigenvalue weighted by Crippen LogP contribution is -2.08. The maximum Gasteiger partial charge on any atom is 0.248 e. The van der Waals surface area contributed by atoms with Gasteiger partial charge < -0.3 is 11.1 Å². The number of hydrogen-bond donors (Lipinski definition) is 2. The molecule has 0 bridgehead atoms. The highest BCUT2D eigenvalue weighted by molar-refractivity contribution is 6.43. The zero-order chi connectivity index (χ0) is 24.0. The smallest absolute Gasteiger partial charge is 0.248 e. The van der Waals surface area contributed by atoms with Gasteiger partial charge in [0.25, 0.3) is 0 Å². The van der Waals surface area contributed by atoms with Crippen LogP contribution in [0.2, 0.25) is 20.1 Å². The molecule has 172 valence electrons. The number of aromatic nitrogens is 4. The van der Waals surface area contributed by atoms with E-state index in [1.54, 1.807) is 30.3 Å². The Labute approximate surface area is 208 Å². The van der Waals surface area contributed by atoms with Crippen molar-refractivity contribution in [3.63, 3.8) is 0 Å². The second-order valence-electron chi connectivity index (χ2n) is 6.52. The number of nitrogens with one attached hydrogen (secondary N) is 1. The van der Waals surface area contributed by atoms with Crippen molar-refractivity contribution in [3.05, 3.63) is 97.4 Å². The molecule has 0 amide bonds. The average Bonchev–Trinajstić information content (AvgIpc) is 3.24. The second-order valence-corrected chi connectivity index (χ2v) is 8.12. The summed E-state index contributed by atoms with van der Waals surface area (Å²) < 4.78 is 26.8. The number of nitrogens with zero attached hydrogens (tertiary/aromatic N) is 4. The monoisotopic (exact) mass is 530 g/mol. The lowest BCUT2D eigenvalue weighted by molar-refractivity contribution is 0.626. The Balaban J connectivity index is 0.000000257. The Bertz CT molecular complexity index is 1250. The molecule has 3 N–H and O–H groups in total. The molecule has 33 heavy (non-hydrogen) atoms. The number of nitrogens with two attached hydrogens (primary N) is 1. The van der Waals surface area contributed by atoms with Crippen molar-refractivity contribution < 1.29 is 8.78 Å². The molecule has 0 aliphatic rings. The first-order chi connectivity index (χ1) is 15.8. The van der Waals surface area contributed by atoms with Gasteiger partial charge in [0.2, 0.25) is 5.95 Å². The van der Waals surface area contributed by atoms with Crippen LogP contribution in [0.5, 0.6) is 0 Å². The molecule has 3 aromatic carbocycles. The zero-order valence-electron chi connectivity index (χ0n) is 16.7. The minimum atomic E-state index is -0.394. The third-order valence-corrected chi connectivity index (χ3v) is 5.83. The molecule has 0 spiro atoms. The molecule has 0 atom stereocenters. The van der Waals surface area contributed by atoms with E-state index in [4.69, 9.17) is 52.1 Å². The SMILES string of the molecule is Fc1ccc(CNc2nnnn2-c2cccc(Cl)c2Cl)c(Cl)c1.NCc1ccc(F)cc1Cl. The summed E-state index contributed by atoms with van der Waals surface area (Å²) in [5.74, 6) is -0.369. The largest absolute Gasteiger partial charge is 0.349 e. The first kappa shape index (κ1) is 25.1. The number of anilines is 1. The van der Waals surface area contributed by atoms with Gasteiger partial charge in [-0.25, -0.2) is 8.78 Å². The number of rotatable bonds is 5. The fourth-order valence-electron chi connectivity index (χ4n) is 2.64. The first-order valence-electron chi connectivity index (χ1n) is 9.34. The molecule has 12 heteroatoms. The molecule has 4 aromatic rings. The van der Waals surface area contributed by atoms with Crippen molar-refractivity contribution in [2.75, 3.05) is 5.32 Å². The maximum absolute atomic E-state index is 13.1. The van der Waals surface area contributed by atoms with Crippen molar-refractivity contribution in [1.29, 1.82) is 0 Å². The molecule has 1 aromatic heterocycles. The molecule has 0 aliphatic heterocycles. The van der Waals surface area contributed by atoms with Crippen LogP contribution in [0.25, 0.3) is 5.69 Å². The van der Waals surface area contributed by atoms with Crippen LogP contribution in [-0.2, 0) is 13.1 Å². The maximum atomic E-state index is 13.1. The van der Waals surface area contributed by atoms with Crippen molar-refractivity contribution in [2.45, 2.75) is 13.1 Å². The quantitative estimate of drug-likeness (QED) is 0.315. The number of halogens is 6. The van der Waals surface area contributed by atoms with Crippen LogP contribution in [0, 0.1) is 11.6 Å². The van der Waals surface area contributed by atoms with E-state index in [1.165, 1.54) is 28.9 Å². The molecular weight excluding hydrogens is 516 g/mol. The Kier molecular flexibility index (Phi) is 8.82. The van der Waals surface area contributed by atoms with Gasteiger partial charge in [-0.05, 0) is 58.0 Å². The standard InChI is InChI=1S/C14H9Cl3FN5.C7H7ClFN/c15-10-2-1-3-12(13(10)17)23-14(20-21-22-23)19-7-8-4-5-9(18)6-11(8)16;8-7-3-6(9)2-1-5(7)4-10/h1-6H,7H2,(H,19,20,22);1-3H,4,10H2. The van der Waals surface area contributed by atoms with Crippen LogP contribution < -0.4 is 11.1 Å². The third kappa shape index (κ3) is 6.52. The predicted molar refractivity (Wildman–Crippen MR) is 127 cm³/mol. The topological polar surface area (TPSA) is 81.7 Å². The van der Waals surface area contributed by atoms with Gasteiger partial charge in [0, 0.05) is 23.1 Å². The summed E-state index contributed by atoms with van der Waals surface area (Å²) in [5, 5.41) is 15.9. The predicted octanol–water partition coefficient (Wildman–Crippen LogP) is 6.31. The van der Waals surface area contributed by atoms with E-state index in [2.05, 4.69) is 20.8 Å². The van der Waals surface area contributed by atoms with Crippen LogP contribution in [0.3, 0.4) is 0 Å². The highest BCUT2D eigenvalue weighted by Crippen LogP contribution is 2.29. The van der Waals surface area contributed by atoms with Crippen molar-refractivity contribution >= 4 is 52.4 Å². The number of benzene rings is 3. The van der Waals surface area contributed by atoms with Crippen LogP contribution in [0.4, 0.5) is 14.7 Å². The molecule has 0 aliphatic carbocycles. The van der Waals surface area contributed by atoms with Gasteiger partial charge in [0.15, 0.2) is 0 Å². The number of tetrazole rings is 1. The molecule has 0 unspecified atom stereocenters. The molecule has 0 radical (unpaired) electrons. The fraction of sp³-hybridized carbons (Fsp3) is 0.0952. The highest BCUT2D eigenvalue weighted by atomic mass is 35.5.